The molecule has 2 amide bonds. The second-order valence-corrected chi connectivity index (χ2v) is 5.03. The number of nitrogens with zero attached hydrogens (tertiary/aromatic N) is 3. The molecule has 0 unspecified atom stereocenters. The van der Waals surface area contributed by atoms with E-state index in [4.69, 9.17) is 4.74 Å². The molecule has 12 heteroatoms. The number of ether oxygens (including phenoxy) is 4. The molecule has 1 aromatic heterocycles. The van der Waals surface area contributed by atoms with Crippen LogP contribution in [0.3, 0.4) is 0 Å². The van der Waals surface area contributed by atoms with Gasteiger partial charge in [0.2, 0.25) is 0 Å². The lowest BCUT2D eigenvalue weighted by Crippen LogP contribution is -2.17. The maximum absolute atomic E-state index is 11.6. The van der Waals surface area contributed by atoms with Crippen molar-refractivity contribution in [1.29, 1.82) is 0 Å². The van der Waals surface area contributed by atoms with E-state index in [1.54, 1.807) is 30.3 Å². The van der Waals surface area contributed by atoms with Gasteiger partial charge < -0.3 is 18.9 Å². The minimum atomic E-state index is -1.07. The molecule has 1 aromatic carbocycles. The number of azo groups is 1. The van der Waals surface area contributed by atoms with Crippen molar-refractivity contribution < 1.29 is 33.3 Å². The molecule has 12 nitrogen and oxygen atoms in total. The molecule has 2 N–H and O–H groups in total. The van der Waals surface area contributed by atoms with Gasteiger partial charge in [0.15, 0.2) is 17.4 Å². The van der Waals surface area contributed by atoms with Crippen molar-refractivity contribution in [2.45, 2.75) is 0 Å². The van der Waals surface area contributed by atoms with Gasteiger partial charge >= 0.3 is 18.3 Å². The Morgan fingerprint density at radius 2 is 1.48 bits per heavy atom. The van der Waals surface area contributed by atoms with Gasteiger partial charge in [-0.25, -0.2) is 19.4 Å². The van der Waals surface area contributed by atoms with Gasteiger partial charge in [-0.15, -0.1) is 5.11 Å². The molecule has 0 spiro atoms. The lowest BCUT2D eigenvalue weighted by atomic mass is 10.3. The number of methoxy groups -OCH3 is 3. The summed E-state index contributed by atoms with van der Waals surface area (Å²) in [5.41, 5.74) is 0.525. The number of pyridine rings is 1. The van der Waals surface area contributed by atoms with Gasteiger partial charge in [0.05, 0.1) is 27.0 Å². The van der Waals surface area contributed by atoms with E-state index < -0.39 is 18.3 Å². The summed E-state index contributed by atoms with van der Waals surface area (Å²) < 4.78 is 18.5. The number of hydrogen-bond donors (Lipinski definition) is 2. The predicted octanol–water partition coefficient (Wildman–Crippen LogP) is 4.00. The zero-order valence-corrected chi connectivity index (χ0v) is 15.7. The molecule has 0 aliphatic rings. The summed E-state index contributed by atoms with van der Waals surface area (Å²) in [5, 5.41) is 12.6. The molecule has 0 radical (unpaired) electrons. The highest BCUT2D eigenvalue weighted by Crippen LogP contribution is 2.35. The fourth-order valence-corrected chi connectivity index (χ4v) is 1.85. The van der Waals surface area contributed by atoms with Crippen LogP contribution in [0.2, 0.25) is 0 Å². The van der Waals surface area contributed by atoms with E-state index in [1.165, 1.54) is 6.07 Å². The quantitative estimate of drug-likeness (QED) is 0.432. The number of benzene rings is 1. The standard InChI is InChI=1S/C17H17N5O7/c1-26-15(23)19-13-11(22-21-10-7-5-4-6-8-10)9-12(29-17(25)28-3)14(18-13)20-16(24)27-2/h4-9H,1-3H3,(H2,18,19,20,23,24). The second kappa shape index (κ2) is 10.2. The highest BCUT2D eigenvalue weighted by Gasteiger charge is 2.20. The van der Waals surface area contributed by atoms with Crippen molar-refractivity contribution in [3.05, 3.63) is 36.4 Å². The molecule has 0 aliphatic heterocycles. The first-order valence-electron chi connectivity index (χ1n) is 7.94. The molecule has 152 valence electrons. The summed E-state index contributed by atoms with van der Waals surface area (Å²) in [4.78, 5) is 38.8. The van der Waals surface area contributed by atoms with Crippen LogP contribution in [0.1, 0.15) is 0 Å². The van der Waals surface area contributed by atoms with Gasteiger partial charge in [0.1, 0.15) is 5.69 Å². The molecular weight excluding hydrogens is 386 g/mol. The number of carbonyl (C=O) groups excluding carboxylic acids is 3. The highest BCUT2D eigenvalue weighted by molar-refractivity contribution is 5.91. The summed E-state index contributed by atoms with van der Waals surface area (Å²) in [5.74, 6) is -0.591. The normalized spacial score (nSPS) is 10.2. The fraction of sp³-hybridized carbons (Fsp3) is 0.176. The molecule has 0 bridgehead atoms. The van der Waals surface area contributed by atoms with Crippen LogP contribution in [0, 0.1) is 0 Å². The van der Waals surface area contributed by atoms with Crippen molar-refractivity contribution in [1.82, 2.24) is 4.98 Å². The number of carbonyl (C=O) groups is 3. The van der Waals surface area contributed by atoms with E-state index in [2.05, 4.69) is 40.1 Å². The number of nitrogens with one attached hydrogen (secondary N) is 2. The van der Waals surface area contributed by atoms with Crippen LogP contribution in [0.5, 0.6) is 5.75 Å². The van der Waals surface area contributed by atoms with E-state index in [9.17, 15) is 14.4 Å². The van der Waals surface area contributed by atoms with Crippen molar-refractivity contribution in [3.63, 3.8) is 0 Å². The Bertz CT molecular complexity index is 918. The topological polar surface area (TPSA) is 150 Å². The van der Waals surface area contributed by atoms with E-state index >= 15 is 0 Å². The Kier molecular flexibility index (Phi) is 7.42. The number of rotatable bonds is 5. The molecule has 0 atom stereocenters. The number of hydrogen-bond acceptors (Lipinski definition) is 10. The van der Waals surface area contributed by atoms with Crippen molar-refractivity contribution in [2.75, 3.05) is 32.0 Å². The Labute approximate surface area is 164 Å². The fourth-order valence-electron chi connectivity index (χ4n) is 1.85. The third-order valence-corrected chi connectivity index (χ3v) is 3.17. The summed E-state index contributed by atoms with van der Waals surface area (Å²) >= 11 is 0. The first-order valence-corrected chi connectivity index (χ1v) is 7.94. The Morgan fingerprint density at radius 1 is 0.862 bits per heavy atom. The minimum Gasteiger partial charge on any atom is -0.453 e. The molecular formula is C17H17N5O7. The van der Waals surface area contributed by atoms with Crippen LogP contribution in [-0.4, -0.2) is 44.7 Å². The Hall–Kier alpha value is -4.22. The van der Waals surface area contributed by atoms with Crippen LogP contribution in [0.25, 0.3) is 0 Å². The van der Waals surface area contributed by atoms with Gasteiger partial charge in [-0.1, -0.05) is 18.2 Å². The van der Waals surface area contributed by atoms with Gasteiger partial charge in [0.25, 0.3) is 0 Å². The van der Waals surface area contributed by atoms with Gasteiger partial charge in [-0.05, 0) is 12.1 Å². The lowest BCUT2D eigenvalue weighted by molar-refractivity contribution is 0.121. The smallest absolute Gasteiger partial charge is 0.453 e. The summed E-state index contributed by atoms with van der Waals surface area (Å²) in [6.45, 7) is 0. The second-order valence-electron chi connectivity index (χ2n) is 5.03. The Balaban J connectivity index is 2.52. The summed E-state index contributed by atoms with van der Waals surface area (Å²) in [6.07, 6.45) is -2.81. The molecule has 2 rings (SSSR count). The van der Waals surface area contributed by atoms with Crippen LogP contribution >= 0.6 is 0 Å². The number of anilines is 2. The van der Waals surface area contributed by atoms with Gasteiger partial charge in [-0.3, -0.25) is 10.6 Å². The maximum atomic E-state index is 11.6. The Morgan fingerprint density at radius 3 is 2.07 bits per heavy atom. The van der Waals surface area contributed by atoms with Crippen LogP contribution in [0.4, 0.5) is 37.4 Å². The molecule has 0 aliphatic carbocycles. The van der Waals surface area contributed by atoms with Crippen molar-refractivity contribution in [3.8, 4) is 5.75 Å². The third kappa shape index (κ3) is 6.16. The molecule has 1 heterocycles. The molecule has 0 saturated carbocycles. The zero-order valence-electron chi connectivity index (χ0n) is 15.7. The zero-order chi connectivity index (χ0) is 21.2. The summed E-state index contributed by atoms with van der Waals surface area (Å²) in [7, 11) is 3.39. The molecule has 2 aromatic rings. The van der Waals surface area contributed by atoms with Crippen LogP contribution in [0.15, 0.2) is 46.6 Å². The monoisotopic (exact) mass is 403 g/mol. The van der Waals surface area contributed by atoms with Gasteiger partial charge in [0, 0.05) is 6.07 Å². The van der Waals surface area contributed by atoms with E-state index in [-0.39, 0.29) is 23.1 Å². The molecule has 29 heavy (non-hydrogen) atoms. The molecule has 0 saturated heterocycles. The van der Waals surface area contributed by atoms with Crippen LogP contribution in [-0.2, 0) is 14.2 Å². The largest absolute Gasteiger partial charge is 0.513 e. The average Bonchev–Trinajstić information content (AvgIpc) is 2.74. The summed E-state index contributed by atoms with van der Waals surface area (Å²) in [6, 6.07) is 9.94. The highest BCUT2D eigenvalue weighted by atomic mass is 16.7. The average molecular weight is 403 g/mol. The SMILES string of the molecule is COC(=O)Nc1nc(NC(=O)OC)c(OC(=O)OC)cc1N=Nc1ccccc1. The van der Waals surface area contributed by atoms with Crippen molar-refractivity contribution in [2.24, 2.45) is 10.2 Å². The van der Waals surface area contributed by atoms with E-state index in [0.29, 0.717) is 5.69 Å². The maximum Gasteiger partial charge on any atom is 0.513 e. The third-order valence-electron chi connectivity index (χ3n) is 3.17. The predicted molar refractivity (Wildman–Crippen MR) is 99.9 cm³/mol. The minimum absolute atomic E-state index is 0.00794. The van der Waals surface area contributed by atoms with E-state index in [0.717, 1.165) is 21.3 Å². The van der Waals surface area contributed by atoms with Gasteiger partial charge in [-0.2, -0.15) is 5.11 Å². The molecule has 0 fully saturated rings. The first-order chi connectivity index (χ1) is 14.0. The number of aromatic nitrogens is 1. The first kappa shape index (κ1) is 21.1. The van der Waals surface area contributed by atoms with E-state index in [1.807, 2.05) is 0 Å². The number of amides is 2. The lowest BCUT2D eigenvalue weighted by Gasteiger charge is -2.13. The van der Waals surface area contributed by atoms with Crippen LogP contribution < -0.4 is 15.4 Å². The van der Waals surface area contributed by atoms with Crippen molar-refractivity contribution >= 4 is 41.4 Å².